The molecule has 2 nitrogen and oxygen atoms in total. The lowest BCUT2D eigenvalue weighted by Crippen LogP contribution is -2.44. The van der Waals surface area contributed by atoms with Gasteiger partial charge in [0.15, 0.2) is 0 Å². The summed E-state index contributed by atoms with van der Waals surface area (Å²) in [7, 11) is 2.08. The van der Waals surface area contributed by atoms with Crippen LogP contribution in [0.3, 0.4) is 0 Å². The molecule has 0 bridgehead atoms. The largest absolute Gasteiger partial charge is 0.384 e. The van der Waals surface area contributed by atoms with Gasteiger partial charge < -0.3 is 10.0 Å². The van der Waals surface area contributed by atoms with Gasteiger partial charge in [-0.1, -0.05) is 38.1 Å². The zero-order chi connectivity index (χ0) is 12.5. The summed E-state index contributed by atoms with van der Waals surface area (Å²) in [5.41, 5.74) is 1.75. The highest BCUT2D eigenvalue weighted by Gasteiger charge is 2.33. The maximum Gasteiger partial charge on any atom is 0.102 e. The standard InChI is InChI=1S/C15H23NO/c1-12(2)13-5-7-14(8-6-13)15(17)9-4-10-16(3)11-15/h5-8,12,17H,4,9-11H2,1-3H3. The van der Waals surface area contributed by atoms with E-state index in [0.29, 0.717) is 5.92 Å². The van der Waals surface area contributed by atoms with Gasteiger partial charge in [0, 0.05) is 6.54 Å². The highest BCUT2D eigenvalue weighted by molar-refractivity contribution is 5.29. The lowest BCUT2D eigenvalue weighted by atomic mass is 9.85. The Morgan fingerprint density at radius 1 is 1.24 bits per heavy atom. The summed E-state index contributed by atoms with van der Waals surface area (Å²) in [6, 6.07) is 8.47. The first-order valence-corrected chi connectivity index (χ1v) is 6.53. The molecule has 0 radical (unpaired) electrons. The third-order valence-corrected chi connectivity index (χ3v) is 3.78. The highest BCUT2D eigenvalue weighted by Crippen LogP contribution is 2.31. The fraction of sp³-hybridized carbons (Fsp3) is 0.600. The van der Waals surface area contributed by atoms with Crippen molar-refractivity contribution in [2.24, 2.45) is 0 Å². The second kappa shape index (κ2) is 4.79. The summed E-state index contributed by atoms with van der Waals surface area (Å²) < 4.78 is 0. The Bertz CT molecular complexity index is 371. The maximum absolute atomic E-state index is 10.7. The smallest absolute Gasteiger partial charge is 0.102 e. The Hall–Kier alpha value is -0.860. The molecule has 1 saturated heterocycles. The van der Waals surface area contributed by atoms with Crippen LogP contribution < -0.4 is 0 Å². The Morgan fingerprint density at radius 3 is 2.41 bits per heavy atom. The number of rotatable bonds is 2. The van der Waals surface area contributed by atoms with E-state index >= 15 is 0 Å². The molecular formula is C15H23NO. The number of hydrogen-bond acceptors (Lipinski definition) is 2. The van der Waals surface area contributed by atoms with Gasteiger partial charge in [0.2, 0.25) is 0 Å². The Balaban J connectivity index is 2.21. The number of likely N-dealkylation sites (N-methyl/N-ethyl adjacent to an activating group) is 1. The van der Waals surface area contributed by atoms with Gasteiger partial charge in [0.25, 0.3) is 0 Å². The van der Waals surface area contributed by atoms with Gasteiger partial charge in [-0.25, -0.2) is 0 Å². The summed E-state index contributed by atoms with van der Waals surface area (Å²) in [5.74, 6) is 0.549. The predicted octanol–water partition coefficient (Wildman–Crippen LogP) is 2.72. The average Bonchev–Trinajstić information content (AvgIpc) is 2.29. The van der Waals surface area contributed by atoms with Crippen molar-refractivity contribution in [3.63, 3.8) is 0 Å². The molecule has 0 aromatic heterocycles. The molecule has 0 spiro atoms. The second-order valence-corrected chi connectivity index (χ2v) is 5.65. The zero-order valence-corrected chi connectivity index (χ0v) is 11.1. The molecule has 0 saturated carbocycles. The minimum absolute atomic E-state index is 0.549. The van der Waals surface area contributed by atoms with Gasteiger partial charge >= 0.3 is 0 Å². The molecule has 1 heterocycles. The third kappa shape index (κ3) is 2.70. The molecule has 17 heavy (non-hydrogen) atoms. The van der Waals surface area contributed by atoms with Crippen molar-refractivity contribution in [1.29, 1.82) is 0 Å². The molecular weight excluding hydrogens is 210 g/mol. The monoisotopic (exact) mass is 233 g/mol. The lowest BCUT2D eigenvalue weighted by molar-refractivity contribution is -0.0277. The van der Waals surface area contributed by atoms with Crippen LogP contribution in [0.5, 0.6) is 0 Å². The predicted molar refractivity (Wildman–Crippen MR) is 71.2 cm³/mol. The number of hydrogen-bond donors (Lipinski definition) is 1. The van der Waals surface area contributed by atoms with Gasteiger partial charge in [-0.15, -0.1) is 0 Å². The maximum atomic E-state index is 10.7. The summed E-state index contributed by atoms with van der Waals surface area (Å²) in [5, 5.41) is 10.7. The van der Waals surface area contributed by atoms with Crippen LogP contribution in [0.15, 0.2) is 24.3 Å². The van der Waals surface area contributed by atoms with Gasteiger partial charge in [0.1, 0.15) is 5.60 Å². The number of aliphatic hydroxyl groups is 1. The summed E-state index contributed by atoms with van der Waals surface area (Å²) in [6.07, 6.45) is 1.94. The molecule has 1 atom stereocenters. The van der Waals surface area contributed by atoms with Crippen LogP contribution in [-0.2, 0) is 5.60 Å². The van der Waals surface area contributed by atoms with Crippen LogP contribution in [0, 0.1) is 0 Å². The van der Waals surface area contributed by atoms with Crippen LogP contribution in [0.25, 0.3) is 0 Å². The van der Waals surface area contributed by atoms with Crippen molar-refractivity contribution in [3.05, 3.63) is 35.4 Å². The van der Waals surface area contributed by atoms with Crippen LogP contribution in [0.4, 0.5) is 0 Å². The third-order valence-electron chi connectivity index (χ3n) is 3.78. The van der Waals surface area contributed by atoms with Crippen molar-refractivity contribution in [2.45, 2.75) is 38.2 Å². The van der Waals surface area contributed by atoms with E-state index in [2.05, 4.69) is 50.1 Å². The van der Waals surface area contributed by atoms with E-state index in [9.17, 15) is 5.11 Å². The van der Waals surface area contributed by atoms with E-state index in [-0.39, 0.29) is 0 Å². The molecule has 94 valence electrons. The first-order chi connectivity index (χ1) is 8.01. The molecule has 1 aromatic carbocycles. The fourth-order valence-electron chi connectivity index (χ4n) is 2.66. The van der Waals surface area contributed by atoms with Gasteiger partial charge in [-0.2, -0.15) is 0 Å². The molecule has 1 aromatic rings. The molecule has 1 unspecified atom stereocenters. The van der Waals surface area contributed by atoms with Crippen molar-refractivity contribution in [2.75, 3.05) is 20.1 Å². The summed E-state index contributed by atoms with van der Waals surface area (Å²) in [6.45, 7) is 6.22. The van der Waals surface area contributed by atoms with Gasteiger partial charge in [-0.3, -0.25) is 0 Å². The number of nitrogens with zero attached hydrogens (tertiary/aromatic N) is 1. The molecule has 2 rings (SSSR count). The topological polar surface area (TPSA) is 23.5 Å². The van der Waals surface area contributed by atoms with Crippen LogP contribution in [0.1, 0.15) is 43.7 Å². The van der Waals surface area contributed by atoms with Crippen LogP contribution in [0.2, 0.25) is 0 Å². The van der Waals surface area contributed by atoms with Crippen molar-refractivity contribution in [1.82, 2.24) is 4.90 Å². The lowest BCUT2D eigenvalue weighted by Gasteiger charge is -2.37. The number of piperidine rings is 1. The SMILES string of the molecule is CC(C)c1ccc(C2(O)CCCN(C)C2)cc1. The van der Waals surface area contributed by atoms with E-state index < -0.39 is 5.60 Å². The second-order valence-electron chi connectivity index (χ2n) is 5.65. The Morgan fingerprint density at radius 2 is 1.88 bits per heavy atom. The van der Waals surface area contributed by atoms with Crippen molar-refractivity contribution < 1.29 is 5.11 Å². The Labute approximate surface area is 104 Å². The average molecular weight is 233 g/mol. The summed E-state index contributed by atoms with van der Waals surface area (Å²) >= 11 is 0. The minimum Gasteiger partial charge on any atom is -0.384 e. The van der Waals surface area contributed by atoms with Crippen molar-refractivity contribution in [3.8, 4) is 0 Å². The molecule has 1 aliphatic heterocycles. The number of likely N-dealkylation sites (tertiary alicyclic amines) is 1. The van der Waals surface area contributed by atoms with E-state index in [1.165, 1.54) is 5.56 Å². The zero-order valence-electron chi connectivity index (χ0n) is 11.1. The van der Waals surface area contributed by atoms with Gasteiger partial charge in [0.05, 0.1) is 0 Å². The van der Waals surface area contributed by atoms with E-state index in [0.717, 1.165) is 31.5 Å². The first kappa shape index (κ1) is 12.6. The molecule has 0 aliphatic carbocycles. The summed E-state index contributed by atoms with van der Waals surface area (Å²) in [4.78, 5) is 2.21. The molecule has 1 fully saturated rings. The fourth-order valence-corrected chi connectivity index (χ4v) is 2.66. The molecule has 2 heteroatoms. The van der Waals surface area contributed by atoms with E-state index in [4.69, 9.17) is 0 Å². The minimum atomic E-state index is -0.650. The number of benzene rings is 1. The van der Waals surface area contributed by atoms with E-state index in [1.54, 1.807) is 0 Å². The van der Waals surface area contributed by atoms with Crippen LogP contribution >= 0.6 is 0 Å². The number of β-amino-alcohol motifs (C(OH)–C–C–N with tert-alkyl or cyclic N) is 1. The van der Waals surface area contributed by atoms with Crippen LogP contribution in [-0.4, -0.2) is 30.1 Å². The Kier molecular flexibility index (Phi) is 3.55. The molecule has 1 N–H and O–H groups in total. The first-order valence-electron chi connectivity index (χ1n) is 6.53. The highest BCUT2D eigenvalue weighted by atomic mass is 16.3. The molecule has 1 aliphatic rings. The van der Waals surface area contributed by atoms with Crippen molar-refractivity contribution >= 4 is 0 Å². The molecule has 0 amide bonds. The van der Waals surface area contributed by atoms with Gasteiger partial charge in [-0.05, 0) is 43.5 Å². The van der Waals surface area contributed by atoms with E-state index in [1.807, 2.05) is 0 Å². The quantitative estimate of drug-likeness (QED) is 0.849. The normalized spacial score (nSPS) is 26.4.